The molecule has 0 aromatic carbocycles. The van der Waals surface area contributed by atoms with Gasteiger partial charge < -0.3 is 0 Å². The van der Waals surface area contributed by atoms with E-state index in [0.717, 1.165) is 17.1 Å². The first-order chi connectivity index (χ1) is 8.33. The molecular weight excluding hydrogens is 230 g/mol. The van der Waals surface area contributed by atoms with E-state index in [4.69, 9.17) is 0 Å². The summed E-state index contributed by atoms with van der Waals surface area (Å²) in [4.78, 5) is 5.52. The van der Waals surface area contributed by atoms with Crippen molar-refractivity contribution in [2.24, 2.45) is 0 Å². The first-order valence-electron chi connectivity index (χ1n) is 5.35. The van der Waals surface area contributed by atoms with Gasteiger partial charge in [-0.15, -0.1) is 11.3 Å². The van der Waals surface area contributed by atoms with Gasteiger partial charge in [0.25, 0.3) is 0 Å². The average molecular weight is 241 g/mol. The van der Waals surface area contributed by atoms with Crippen LogP contribution >= 0.6 is 11.3 Å². The normalized spacial score (nSPS) is 10.6. The van der Waals surface area contributed by atoms with E-state index >= 15 is 0 Å². The second-order valence-electron chi connectivity index (χ2n) is 3.82. The van der Waals surface area contributed by atoms with Gasteiger partial charge >= 0.3 is 0 Å². The van der Waals surface area contributed by atoms with Crippen molar-refractivity contribution >= 4 is 11.3 Å². The summed E-state index contributed by atoms with van der Waals surface area (Å²) in [5.74, 6) is 0.846. The van der Waals surface area contributed by atoms with Gasteiger partial charge in [0.05, 0.1) is 4.88 Å². The number of hydrogen-bond acceptors (Lipinski definition) is 3. The Morgan fingerprint density at radius 2 is 2.12 bits per heavy atom. The molecule has 0 bridgehead atoms. The predicted molar refractivity (Wildman–Crippen MR) is 69.4 cm³/mol. The van der Waals surface area contributed by atoms with Crippen LogP contribution in [0.1, 0.15) is 5.56 Å². The van der Waals surface area contributed by atoms with Gasteiger partial charge in [-0.05, 0) is 36.1 Å². The molecule has 4 heteroatoms. The van der Waals surface area contributed by atoms with Crippen LogP contribution < -0.4 is 0 Å². The average Bonchev–Trinajstić information content (AvgIpc) is 3.00. The Morgan fingerprint density at radius 3 is 2.82 bits per heavy atom. The van der Waals surface area contributed by atoms with E-state index in [0.29, 0.717) is 0 Å². The fourth-order valence-corrected chi connectivity index (χ4v) is 2.29. The number of nitrogens with zero attached hydrogens (tertiary/aromatic N) is 3. The van der Waals surface area contributed by atoms with Gasteiger partial charge in [-0.1, -0.05) is 12.1 Å². The van der Waals surface area contributed by atoms with E-state index in [1.54, 1.807) is 16.0 Å². The molecule has 3 nitrogen and oxygen atoms in total. The second-order valence-corrected chi connectivity index (χ2v) is 4.76. The van der Waals surface area contributed by atoms with Crippen LogP contribution in [0, 0.1) is 6.92 Å². The SMILES string of the molecule is Cc1ccc(-n2ccc(-c3cccs3)n2)nc1. The summed E-state index contributed by atoms with van der Waals surface area (Å²) < 4.78 is 1.80. The maximum atomic E-state index is 4.52. The molecule has 3 rings (SSSR count). The third kappa shape index (κ3) is 1.99. The minimum Gasteiger partial charge on any atom is -0.237 e. The quantitative estimate of drug-likeness (QED) is 0.689. The maximum Gasteiger partial charge on any atom is 0.153 e. The van der Waals surface area contributed by atoms with E-state index in [-0.39, 0.29) is 0 Å². The Bertz CT molecular complexity index is 608. The lowest BCUT2D eigenvalue weighted by Gasteiger charge is -1.99. The van der Waals surface area contributed by atoms with Crippen molar-refractivity contribution < 1.29 is 0 Å². The molecule has 0 fully saturated rings. The van der Waals surface area contributed by atoms with E-state index in [2.05, 4.69) is 21.5 Å². The first-order valence-corrected chi connectivity index (χ1v) is 6.23. The molecule has 0 aliphatic heterocycles. The largest absolute Gasteiger partial charge is 0.237 e. The van der Waals surface area contributed by atoms with Crippen molar-refractivity contribution in [3.63, 3.8) is 0 Å². The number of aromatic nitrogens is 3. The van der Waals surface area contributed by atoms with Crippen LogP contribution in [0.5, 0.6) is 0 Å². The van der Waals surface area contributed by atoms with Crippen molar-refractivity contribution in [2.75, 3.05) is 0 Å². The number of hydrogen-bond donors (Lipinski definition) is 0. The molecule has 0 unspecified atom stereocenters. The molecule has 0 aliphatic carbocycles. The van der Waals surface area contributed by atoms with Crippen molar-refractivity contribution in [1.82, 2.24) is 14.8 Å². The zero-order chi connectivity index (χ0) is 11.7. The van der Waals surface area contributed by atoms with Gasteiger partial charge in [0.1, 0.15) is 5.69 Å². The van der Waals surface area contributed by atoms with Gasteiger partial charge in [0.15, 0.2) is 5.82 Å². The molecule has 84 valence electrons. The van der Waals surface area contributed by atoms with Crippen molar-refractivity contribution in [1.29, 1.82) is 0 Å². The van der Waals surface area contributed by atoms with Crippen LogP contribution in [0.25, 0.3) is 16.4 Å². The van der Waals surface area contributed by atoms with Crippen LogP contribution in [0.3, 0.4) is 0 Å². The molecule has 0 aliphatic rings. The first kappa shape index (κ1) is 10.2. The highest BCUT2D eigenvalue weighted by Gasteiger charge is 2.04. The van der Waals surface area contributed by atoms with Crippen LogP contribution in [0.15, 0.2) is 48.1 Å². The molecule has 3 heterocycles. The lowest BCUT2D eigenvalue weighted by molar-refractivity contribution is 0.849. The number of thiophene rings is 1. The fraction of sp³-hybridized carbons (Fsp3) is 0.0769. The highest BCUT2D eigenvalue weighted by Crippen LogP contribution is 2.22. The lowest BCUT2D eigenvalue weighted by Crippen LogP contribution is -1.97. The predicted octanol–water partition coefficient (Wildman–Crippen LogP) is 3.30. The number of pyridine rings is 1. The third-order valence-corrected chi connectivity index (χ3v) is 3.39. The summed E-state index contributed by atoms with van der Waals surface area (Å²) in [6, 6.07) is 10.1. The highest BCUT2D eigenvalue weighted by atomic mass is 32.1. The van der Waals surface area contributed by atoms with Gasteiger partial charge in [-0.3, -0.25) is 0 Å². The standard InChI is InChI=1S/C13H11N3S/c1-10-4-5-13(14-9-10)16-7-6-11(15-16)12-3-2-8-17-12/h2-9H,1H3. The van der Waals surface area contributed by atoms with Gasteiger partial charge in [0.2, 0.25) is 0 Å². The Labute approximate surface area is 103 Å². The molecule has 0 radical (unpaired) electrons. The Hall–Kier alpha value is -1.94. The van der Waals surface area contributed by atoms with Gasteiger partial charge in [-0.25, -0.2) is 9.67 Å². The minimum absolute atomic E-state index is 0.846. The van der Waals surface area contributed by atoms with E-state index in [1.807, 2.05) is 43.6 Å². The Balaban J connectivity index is 1.98. The monoisotopic (exact) mass is 241 g/mol. The molecular formula is C13H11N3S. The smallest absolute Gasteiger partial charge is 0.153 e. The van der Waals surface area contributed by atoms with Crippen LogP contribution in [-0.4, -0.2) is 14.8 Å². The van der Waals surface area contributed by atoms with Crippen LogP contribution in [0.2, 0.25) is 0 Å². The van der Waals surface area contributed by atoms with Crippen molar-refractivity contribution in [3.05, 3.63) is 53.7 Å². The van der Waals surface area contributed by atoms with Gasteiger partial charge in [0, 0.05) is 12.4 Å². The summed E-state index contributed by atoms with van der Waals surface area (Å²) in [6.07, 6.45) is 3.79. The zero-order valence-electron chi connectivity index (χ0n) is 9.37. The summed E-state index contributed by atoms with van der Waals surface area (Å²) in [7, 11) is 0. The van der Waals surface area contributed by atoms with Crippen molar-refractivity contribution in [3.8, 4) is 16.4 Å². The molecule has 0 N–H and O–H groups in total. The molecule has 0 amide bonds. The van der Waals surface area contributed by atoms with Crippen LogP contribution in [0.4, 0.5) is 0 Å². The number of rotatable bonds is 2. The minimum atomic E-state index is 0.846. The molecule has 0 saturated heterocycles. The zero-order valence-corrected chi connectivity index (χ0v) is 10.2. The van der Waals surface area contributed by atoms with Gasteiger partial charge in [-0.2, -0.15) is 5.10 Å². The maximum absolute atomic E-state index is 4.52. The Kier molecular flexibility index (Phi) is 2.49. The number of aryl methyl sites for hydroxylation is 1. The van der Waals surface area contributed by atoms with E-state index < -0.39 is 0 Å². The molecule has 0 spiro atoms. The summed E-state index contributed by atoms with van der Waals surface area (Å²) in [5, 5.41) is 6.57. The fourth-order valence-electron chi connectivity index (χ4n) is 1.60. The summed E-state index contributed by atoms with van der Waals surface area (Å²) >= 11 is 1.69. The molecule has 3 aromatic heterocycles. The van der Waals surface area contributed by atoms with E-state index in [1.165, 1.54) is 4.88 Å². The molecule has 3 aromatic rings. The lowest BCUT2D eigenvalue weighted by atomic mass is 10.3. The topological polar surface area (TPSA) is 30.7 Å². The third-order valence-electron chi connectivity index (χ3n) is 2.49. The Morgan fingerprint density at radius 1 is 1.18 bits per heavy atom. The van der Waals surface area contributed by atoms with Crippen LogP contribution in [-0.2, 0) is 0 Å². The molecule has 0 saturated carbocycles. The highest BCUT2D eigenvalue weighted by molar-refractivity contribution is 7.13. The van der Waals surface area contributed by atoms with Crippen molar-refractivity contribution in [2.45, 2.75) is 6.92 Å². The summed E-state index contributed by atoms with van der Waals surface area (Å²) in [5.41, 5.74) is 2.14. The molecule has 0 atom stereocenters. The molecule has 17 heavy (non-hydrogen) atoms. The van der Waals surface area contributed by atoms with E-state index in [9.17, 15) is 0 Å². The summed E-state index contributed by atoms with van der Waals surface area (Å²) in [6.45, 7) is 2.02. The second kappa shape index (κ2) is 4.14.